The zero-order valence-electron chi connectivity index (χ0n) is 16.5. The molecule has 3 aromatic rings. The first-order chi connectivity index (χ1) is 13.6. The lowest BCUT2D eigenvalue weighted by molar-refractivity contribution is 0.133. The number of H-pyrrole nitrogens is 1. The third-order valence-corrected chi connectivity index (χ3v) is 5.17. The van der Waals surface area contributed by atoms with E-state index in [1.807, 2.05) is 43.4 Å². The van der Waals surface area contributed by atoms with Crippen LogP contribution in [0.4, 0.5) is 0 Å². The number of aliphatic hydroxyl groups is 1. The second-order valence-corrected chi connectivity index (χ2v) is 7.76. The van der Waals surface area contributed by atoms with Crippen molar-refractivity contribution in [1.29, 1.82) is 0 Å². The Morgan fingerprint density at radius 3 is 2.82 bits per heavy atom. The number of nitrogens with zero attached hydrogens (tertiary/aromatic N) is 5. The SMILES string of the molecule is CN(C)CC(O)c1cc2n(n1)CCCN(Cc1cn[nH]c1-c1ccccc1)C2. The van der Waals surface area contributed by atoms with Gasteiger partial charge in [-0.15, -0.1) is 0 Å². The quantitative estimate of drug-likeness (QED) is 0.686. The Morgan fingerprint density at radius 1 is 1.21 bits per heavy atom. The predicted octanol–water partition coefficient (Wildman–Crippen LogP) is 2.27. The molecule has 2 N–H and O–H groups in total. The number of benzene rings is 1. The van der Waals surface area contributed by atoms with Gasteiger partial charge in [0.15, 0.2) is 0 Å². The molecular formula is C21H28N6O. The number of aryl methyl sites for hydroxylation is 1. The molecule has 1 atom stereocenters. The fraction of sp³-hybridized carbons (Fsp3) is 0.429. The molecule has 0 saturated heterocycles. The molecule has 0 fully saturated rings. The molecular weight excluding hydrogens is 352 g/mol. The van der Waals surface area contributed by atoms with E-state index < -0.39 is 6.10 Å². The van der Waals surface area contributed by atoms with Gasteiger partial charge in [-0.2, -0.15) is 10.2 Å². The van der Waals surface area contributed by atoms with Gasteiger partial charge in [0.1, 0.15) is 6.10 Å². The molecule has 28 heavy (non-hydrogen) atoms. The molecule has 0 radical (unpaired) electrons. The number of hydrogen-bond donors (Lipinski definition) is 2. The van der Waals surface area contributed by atoms with Gasteiger partial charge in [-0.1, -0.05) is 30.3 Å². The number of hydrogen-bond acceptors (Lipinski definition) is 5. The lowest BCUT2D eigenvalue weighted by Gasteiger charge is -2.19. The molecule has 0 aliphatic carbocycles. The molecule has 7 nitrogen and oxygen atoms in total. The van der Waals surface area contributed by atoms with Crippen LogP contribution in [0, 0.1) is 0 Å². The maximum absolute atomic E-state index is 10.4. The lowest BCUT2D eigenvalue weighted by Crippen LogP contribution is -2.23. The summed E-state index contributed by atoms with van der Waals surface area (Å²) in [5.74, 6) is 0. The molecule has 3 heterocycles. The largest absolute Gasteiger partial charge is 0.385 e. The van der Waals surface area contributed by atoms with Crippen LogP contribution in [0.15, 0.2) is 42.6 Å². The monoisotopic (exact) mass is 380 g/mol. The average Bonchev–Trinajstić information content (AvgIpc) is 3.25. The fourth-order valence-corrected chi connectivity index (χ4v) is 3.81. The van der Waals surface area contributed by atoms with Crippen LogP contribution in [0.2, 0.25) is 0 Å². The van der Waals surface area contributed by atoms with E-state index in [1.165, 1.54) is 5.56 Å². The number of rotatable bonds is 6. The van der Waals surface area contributed by atoms with Gasteiger partial charge in [0.05, 0.1) is 23.3 Å². The smallest absolute Gasteiger partial charge is 0.110 e. The Kier molecular flexibility index (Phi) is 5.57. The van der Waals surface area contributed by atoms with Crippen LogP contribution in [0.1, 0.15) is 29.5 Å². The van der Waals surface area contributed by atoms with Crippen molar-refractivity contribution in [3.8, 4) is 11.3 Å². The van der Waals surface area contributed by atoms with Crippen molar-refractivity contribution in [1.82, 2.24) is 29.8 Å². The second kappa shape index (κ2) is 8.26. The topological polar surface area (TPSA) is 73.2 Å². The minimum Gasteiger partial charge on any atom is -0.385 e. The number of likely N-dealkylation sites (N-methyl/N-ethyl adjacent to an activating group) is 1. The minimum atomic E-state index is -0.554. The van der Waals surface area contributed by atoms with Gasteiger partial charge in [-0.05, 0) is 32.1 Å². The summed E-state index contributed by atoms with van der Waals surface area (Å²) >= 11 is 0. The summed E-state index contributed by atoms with van der Waals surface area (Å²) in [5, 5.41) is 22.5. The van der Waals surface area contributed by atoms with Crippen LogP contribution in [-0.4, -0.2) is 62.1 Å². The van der Waals surface area contributed by atoms with Gasteiger partial charge in [0.25, 0.3) is 0 Å². The Labute approximate surface area is 165 Å². The Hall–Kier alpha value is -2.48. The van der Waals surface area contributed by atoms with Gasteiger partial charge in [-0.3, -0.25) is 14.7 Å². The molecule has 1 aliphatic rings. The van der Waals surface area contributed by atoms with E-state index in [-0.39, 0.29) is 0 Å². The van der Waals surface area contributed by atoms with Gasteiger partial charge in [0.2, 0.25) is 0 Å². The van der Waals surface area contributed by atoms with Crippen molar-refractivity contribution in [2.24, 2.45) is 0 Å². The fourth-order valence-electron chi connectivity index (χ4n) is 3.81. The average molecular weight is 380 g/mol. The molecule has 1 aromatic carbocycles. The lowest BCUT2D eigenvalue weighted by atomic mass is 10.1. The van der Waals surface area contributed by atoms with Gasteiger partial charge < -0.3 is 10.0 Å². The molecule has 4 rings (SSSR count). The zero-order valence-corrected chi connectivity index (χ0v) is 16.5. The van der Waals surface area contributed by atoms with Crippen molar-refractivity contribution in [3.63, 3.8) is 0 Å². The molecule has 2 aromatic heterocycles. The molecule has 7 heteroatoms. The summed E-state index contributed by atoms with van der Waals surface area (Å²) in [6.45, 7) is 4.13. The van der Waals surface area contributed by atoms with Crippen molar-refractivity contribution < 1.29 is 5.11 Å². The highest BCUT2D eigenvalue weighted by Crippen LogP contribution is 2.24. The zero-order chi connectivity index (χ0) is 19.5. The standard InChI is InChI=1S/C21H28N6O/c1-25(2)15-20(28)19-11-18-14-26(9-6-10-27(18)24-19)13-17-12-22-23-21(17)16-7-4-3-5-8-16/h3-5,7-8,11-12,20,28H,6,9-10,13-15H2,1-2H3,(H,22,23). The van der Waals surface area contributed by atoms with Gasteiger partial charge in [-0.25, -0.2) is 0 Å². The van der Waals surface area contributed by atoms with E-state index in [0.717, 1.165) is 55.2 Å². The number of aromatic amines is 1. The Morgan fingerprint density at radius 2 is 2.04 bits per heavy atom. The highest BCUT2D eigenvalue weighted by atomic mass is 16.3. The summed E-state index contributed by atoms with van der Waals surface area (Å²) < 4.78 is 2.06. The first-order valence-electron chi connectivity index (χ1n) is 9.79. The van der Waals surface area contributed by atoms with E-state index in [4.69, 9.17) is 0 Å². The van der Waals surface area contributed by atoms with Crippen LogP contribution in [0.3, 0.4) is 0 Å². The molecule has 1 aliphatic heterocycles. The number of aromatic nitrogens is 4. The highest BCUT2D eigenvalue weighted by Gasteiger charge is 2.21. The van der Waals surface area contributed by atoms with E-state index >= 15 is 0 Å². The first-order valence-corrected chi connectivity index (χ1v) is 9.79. The molecule has 1 unspecified atom stereocenters. The van der Waals surface area contributed by atoms with Gasteiger partial charge >= 0.3 is 0 Å². The minimum absolute atomic E-state index is 0.554. The molecule has 0 spiro atoms. The van der Waals surface area contributed by atoms with Crippen LogP contribution < -0.4 is 0 Å². The number of nitrogens with one attached hydrogen (secondary N) is 1. The molecule has 0 bridgehead atoms. The molecule has 0 amide bonds. The number of aliphatic hydroxyl groups excluding tert-OH is 1. The third-order valence-electron chi connectivity index (χ3n) is 5.17. The van der Waals surface area contributed by atoms with Crippen molar-refractivity contribution in [2.75, 3.05) is 27.2 Å². The first kappa shape index (κ1) is 18.9. The maximum Gasteiger partial charge on any atom is 0.110 e. The van der Waals surface area contributed by atoms with Crippen LogP contribution in [0.25, 0.3) is 11.3 Å². The van der Waals surface area contributed by atoms with Crippen LogP contribution in [-0.2, 0) is 19.6 Å². The summed E-state index contributed by atoms with van der Waals surface area (Å²) in [4.78, 5) is 4.41. The predicted molar refractivity (Wildman–Crippen MR) is 108 cm³/mol. The van der Waals surface area contributed by atoms with Crippen molar-refractivity contribution in [3.05, 3.63) is 59.5 Å². The number of fused-ring (bicyclic) bond motifs is 1. The maximum atomic E-state index is 10.4. The van der Waals surface area contributed by atoms with Crippen LogP contribution in [0.5, 0.6) is 0 Å². The van der Waals surface area contributed by atoms with E-state index in [9.17, 15) is 5.11 Å². The molecule has 0 saturated carbocycles. The van der Waals surface area contributed by atoms with Crippen molar-refractivity contribution in [2.45, 2.75) is 32.2 Å². The van der Waals surface area contributed by atoms with E-state index in [0.29, 0.717) is 6.54 Å². The van der Waals surface area contributed by atoms with E-state index in [2.05, 4.69) is 43.1 Å². The van der Waals surface area contributed by atoms with Crippen molar-refractivity contribution >= 4 is 0 Å². The Bertz CT molecular complexity index is 901. The second-order valence-electron chi connectivity index (χ2n) is 7.76. The highest BCUT2D eigenvalue weighted by molar-refractivity contribution is 5.62. The summed E-state index contributed by atoms with van der Waals surface area (Å²) in [6, 6.07) is 12.4. The van der Waals surface area contributed by atoms with E-state index in [1.54, 1.807) is 0 Å². The molecule has 148 valence electrons. The third kappa shape index (κ3) is 4.16. The summed E-state index contributed by atoms with van der Waals surface area (Å²) in [6.07, 6.45) is 2.41. The summed E-state index contributed by atoms with van der Waals surface area (Å²) in [7, 11) is 3.92. The summed E-state index contributed by atoms with van der Waals surface area (Å²) in [5.41, 5.74) is 5.37. The normalized spacial score (nSPS) is 16.1. The van der Waals surface area contributed by atoms with Crippen LogP contribution >= 0.6 is 0 Å². The van der Waals surface area contributed by atoms with Gasteiger partial charge in [0, 0.05) is 38.3 Å². The Balaban J connectivity index is 1.50.